The maximum absolute atomic E-state index is 13.0. The van der Waals surface area contributed by atoms with Gasteiger partial charge in [0.05, 0.1) is 23.6 Å². The minimum absolute atomic E-state index is 0.0948. The van der Waals surface area contributed by atoms with Gasteiger partial charge in [0.1, 0.15) is 16.5 Å². The van der Waals surface area contributed by atoms with Gasteiger partial charge in [-0.3, -0.25) is 15.6 Å². The minimum atomic E-state index is -4.80. The summed E-state index contributed by atoms with van der Waals surface area (Å²) in [5.74, 6) is 0.367. The monoisotopic (exact) mass is 514 g/mol. The molecule has 0 radical (unpaired) electrons. The summed E-state index contributed by atoms with van der Waals surface area (Å²) in [6, 6.07) is 2.01. The molecule has 2 fully saturated rings. The number of fused-ring (bicyclic) bond motifs is 1. The number of nitrogens with one attached hydrogen (secondary N) is 3. The van der Waals surface area contributed by atoms with Gasteiger partial charge in [-0.1, -0.05) is 13.3 Å². The highest BCUT2D eigenvalue weighted by Crippen LogP contribution is 2.33. The van der Waals surface area contributed by atoms with Crippen LogP contribution in [0, 0.1) is 10.8 Å². The SMILES string of the molecule is CCCc1cc2c(N3CCN(C(=N)C(F)(F)F)C(=N)C3)nc(NCCN3CSCC3=O)nc2s1. The average Bonchev–Trinajstić information content (AvgIpc) is 3.37. The number of alkyl halides is 3. The molecule has 1 amide bonds. The lowest BCUT2D eigenvalue weighted by Gasteiger charge is -2.37. The molecule has 2 aromatic heterocycles. The number of carbonyl (C=O) groups is 1. The van der Waals surface area contributed by atoms with Crippen LogP contribution in [0.1, 0.15) is 18.2 Å². The van der Waals surface area contributed by atoms with E-state index in [9.17, 15) is 18.0 Å². The molecule has 4 rings (SSSR count). The van der Waals surface area contributed by atoms with Gasteiger partial charge in [-0.2, -0.15) is 18.2 Å². The Hall–Kier alpha value is -2.61. The molecule has 2 saturated heterocycles. The number of amidine groups is 2. The van der Waals surface area contributed by atoms with Gasteiger partial charge in [0, 0.05) is 31.1 Å². The number of amides is 1. The van der Waals surface area contributed by atoms with Gasteiger partial charge in [-0.25, -0.2) is 4.98 Å². The smallest absolute Gasteiger partial charge is 0.352 e. The first-order valence-electron chi connectivity index (χ1n) is 10.8. The lowest BCUT2D eigenvalue weighted by atomic mass is 10.2. The summed E-state index contributed by atoms with van der Waals surface area (Å²) in [5.41, 5.74) is 0. The summed E-state index contributed by atoms with van der Waals surface area (Å²) in [6.45, 7) is 3.03. The molecule has 4 heterocycles. The number of aromatic nitrogens is 2. The molecule has 2 aliphatic heterocycles. The Balaban J connectivity index is 1.55. The van der Waals surface area contributed by atoms with E-state index in [0.717, 1.165) is 27.9 Å². The van der Waals surface area contributed by atoms with Crippen molar-refractivity contribution in [3.63, 3.8) is 0 Å². The average molecular weight is 515 g/mol. The number of thioether (sulfide) groups is 1. The van der Waals surface area contributed by atoms with Gasteiger partial charge in [-0.05, 0) is 12.5 Å². The van der Waals surface area contributed by atoms with Gasteiger partial charge < -0.3 is 20.0 Å². The number of rotatable bonds is 7. The van der Waals surface area contributed by atoms with E-state index < -0.39 is 12.0 Å². The third kappa shape index (κ3) is 5.22. The molecule has 3 N–H and O–H groups in total. The van der Waals surface area contributed by atoms with Crippen LogP contribution in [0.3, 0.4) is 0 Å². The third-order valence-electron chi connectivity index (χ3n) is 5.51. The fourth-order valence-electron chi connectivity index (χ4n) is 3.83. The standard InChI is InChI=1S/C20H25F3N8OS2/c1-2-3-12-8-13-16(29-6-7-31(14(24)9-29)18(25)20(21,22)23)27-19(28-17(13)34-12)26-4-5-30-11-33-10-15(30)32/h8,24-25H,2-7,9-11H2,1H3,(H,26,27,28). The van der Waals surface area contributed by atoms with Crippen LogP contribution in [0.4, 0.5) is 24.9 Å². The molecule has 0 atom stereocenters. The van der Waals surface area contributed by atoms with Crippen LogP contribution in [0.25, 0.3) is 10.2 Å². The Morgan fingerprint density at radius 1 is 1.29 bits per heavy atom. The number of thiophene rings is 1. The lowest BCUT2D eigenvalue weighted by Crippen LogP contribution is -2.55. The molecule has 2 aliphatic rings. The zero-order chi connectivity index (χ0) is 24.5. The maximum Gasteiger partial charge on any atom is 0.449 e. The molecule has 0 aliphatic carbocycles. The largest absolute Gasteiger partial charge is 0.449 e. The molecule has 14 heteroatoms. The lowest BCUT2D eigenvalue weighted by molar-refractivity contribution is -0.126. The van der Waals surface area contributed by atoms with Crippen molar-refractivity contribution in [2.45, 2.75) is 25.9 Å². The Kier molecular flexibility index (Phi) is 7.17. The van der Waals surface area contributed by atoms with Gasteiger partial charge in [0.25, 0.3) is 0 Å². The van der Waals surface area contributed by atoms with Crippen molar-refractivity contribution in [2.75, 3.05) is 54.6 Å². The van der Waals surface area contributed by atoms with Crippen molar-refractivity contribution in [3.8, 4) is 0 Å². The van der Waals surface area contributed by atoms with Crippen molar-refractivity contribution in [1.82, 2.24) is 19.8 Å². The van der Waals surface area contributed by atoms with E-state index in [0.29, 0.717) is 41.4 Å². The molecule has 0 spiro atoms. The van der Waals surface area contributed by atoms with Crippen molar-refractivity contribution in [1.29, 1.82) is 10.8 Å². The number of aryl methyl sites for hydroxylation is 1. The molecule has 9 nitrogen and oxygen atoms in total. The Labute approximate surface area is 202 Å². The van der Waals surface area contributed by atoms with Crippen LogP contribution >= 0.6 is 23.1 Å². The molecular weight excluding hydrogens is 489 g/mol. The van der Waals surface area contributed by atoms with Gasteiger partial charge in [0.15, 0.2) is 0 Å². The summed E-state index contributed by atoms with van der Waals surface area (Å²) in [4.78, 5) is 27.2. The van der Waals surface area contributed by atoms with Crippen LogP contribution in [0.2, 0.25) is 0 Å². The highest BCUT2D eigenvalue weighted by Gasteiger charge is 2.41. The number of carbonyl (C=O) groups excluding carboxylic acids is 1. The van der Waals surface area contributed by atoms with Gasteiger partial charge >= 0.3 is 6.18 Å². The Bertz CT molecular complexity index is 1110. The van der Waals surface area contributed by atoms with Crippen molar-refractivity contribution < 1.29 is 18.0 Å². The third-order valence-corrected chi connectivity index (χ3v) is 7.54. The van der Waals surface area contributed by atoms with E-state index in [-0.39, 0.29) is 31.4 Å². The second-order valence-corrected chi connectivity index (χ2v) is 10.1. The number of halogens is 3. The summed E-state index contributed by atoms with van der Waals surface area (Å²) in [7, 11) is 0. The number of anilines is 2. The van der Waals surface area contributed by atoms with E-state index in [1.54, 1.807) is 32.9 Å². The van der Waals surface area contributed by atoms with Crippen LogP contribution in [-0.4, -0.2) is 87.9 Å². The van der Waals surface area contributed by atoms with E-state index in [4.69, 9.17) is 10.8 Å². The summed E-state index contributed by atoms with van der Waals surface area (Å²) in [5, 5.41) is 19.5. The van der Waals surface area contributed by atoms with Crippen LogP contribution in [0.5, 0.6) is 0 Å². The minimum Gasteiger partial charge on any atom is -0.352 e. The van der Waals surface area contributed by atoms with Gasteiger partial charge in [-0.15, -0.1) is 23.1 Å². The predicted octanol–water partition coefficient (Wildman–Crippen LogP) is 3.23. The second kappa shape index (κ2) is 9.94. The molecule has 34 heavy (non-hydrogen) atoms. The number of hydrogen-bond acceptors (Lipinski definition) is 9. The number of nitrogens with zero attached hydrogens (tertiary/aromatic N) is 5. The first kappa shape index (κ1) is 24.5. The topological polar surface area (TPSA) is 112 Å². The molecular formula is C20H25F3N8OS2. The van der Waals surface area contributed by atoms with Crippen molar-refractivity contribution in [3.05, 3.63) is 10.9 Å². The van der Waals surface area contributed by atoms with E-state index in [1.807, 2.05) is 6.07 Å². The van der Waals surface area contributed by atoms with Crippen LogP contribution in [0.15, 0.2) is 6.07 Å². The zero-order valence-electron chi connectivity index (χ0n) is 18.5. The quantitative estimate of drug-likeness (QED) is 0.384. The number of hydrogen-bond donors (Lipinski definition) is 3. The molecule has 184 valence electrons. The van der Waals surface area contributed by atoms with Crippen molar-refractivity contribution in [2.24, 2.45) is 0 Å². The van der Waals surface area contributed by atoms with E-state index >= 15 is 0 Å². The highest BCUT2D eigenvalue weighted by atomic mass is 32.2. The van der Waals surface area contributed by atoms with Gasteiger partial charge in [0.2, 0.25) is 17.7 Å². The highest BCUT2D eigenvalue weighted by molar-refractivity contribution is 8.00. The molecule has 0 aromatic carbocycles. The first-order valence-corrected chi connectivity index (χ1v) is 12.8. The Morgan fingerprint density at radius 3 is 2.74 bits per heavy atom. The summed E-state index contributed by atoms with van der Waals surface area (Å²) in [6.07, 6.45) is -2.96. The summed E-state index contributed by atoms with van der Waals surface area (Å²) >= 11 is 3.12. The van der Waals surface area contributed by atoms with Crippen LogP contribution < -0.4 is 10.2 Å². The number of piperazine rings is 1. The van der Waals surface area contributed by atoms with E-state index in [2.05, 4.69) is 22.2 Å². The van der Waals surface area contributed by atoms with Crippen molar-refractivity contribution >= 4 is 62.7 Å². The fraction of sp³-hybridized carbons (Fsp3) is 0.550. The molecule has 0 unspecified atom stereocenters. The van der Waals surface area contributed by atoms with Crippen LogP contribution in [-0.2, 0) is 11.2 Å². The zero-order valence-corrected chi connectivity index (χ0v) is 20.2. The maximum atomic E-state index is 13.0. The predicted molar refractivity (Wildman–Crippen MR) is 129 cm³/mol. The first-order chi connectivity index (χ1) is 16.2. The normalized spacial score (nSPS) is 17.2. The second-order valence-electron chi connectivity index (χ2n) is 7.98. The molecule has 0 bridgehead atoms. The Morgan fingerprint density at radius 2 is 2.09 bits per heavy atom. The molecule has 0 saturated carbocycles. The fourth-order valence-corrected chi connectivity index (χ4v) is 5.89. The van der Waals surface area contributed by atoms with E-state index in [1.165, 1.54) is 0 Å². The summed E-state index contributed by atoms with van der Waals surface area (Å²) < 4.78 is 39.0. The molecule has 2 aromatic rings.